The van der Waals surface area contributed by atoms with Crippen LogP contribution in [-0.4, -0.2) is 18.6 Å². The summed E-state index contributed by atoms with van der Waals surface area (Å²) in [5.41, 5.74) is 6.72. The van der Waals surface area contributed by atoms with Gasteiger partial charge in [0.25, 0.3) is 0 Å². The van der Waals surface area contributed by atoms with E-state index in [1.807, 2.05) is 11.5 Å². The minimum absolute atomic E-state index is 0.129. The third-order valence-corrected chi connectivity index (χ3v) is 5.30. The van der Waals surface area contributed by atoms with E-state index in [1.54, 1.807) is 0 Å². The van der Waals surface area contributed by atoms with Crippen LogP contribution in [0, 0.1) is 0 Å². The first-order valence-corrected chi connectivity index (χ1v) is 9.80. The van der Waals surface area contributed by atoms with Gasteiger partial charge in [0.05, 0.1) is 0 Å². The first-order valence-electron chi connectivity index (χ1n) is 8.92. The molecule has 2 amide bonds. The fourth-order valence-electron chi connectivity index (χ4n) is 3.59. The molecule has 0 unspecified atom stereocenters. The molecule has 0 saturated heterocycles. The number of urea groups is 1. The zero-order chi connectivity index (χ0) is 16.9. The number of benzene rings is 1. The SMILES string of the molecule is CC(C)NC/C=C/SNC(=O)Nc1c2c(cc3c1CCC3)CCC2. The summed E-state index contributed by atoms with van der Waals surface area (Å²) < 4.78 is 2.85. The highest BCUT2D eigenvalue weighted by atomic mass is 32.2. The van der Waals surface area contributed by atoms with Crippen molar-refractivity contribution in [1.82, 2.24) is 10.0 Å². The van der Waals surface area contributed by atoms with Crippen LogP contribution in [0.1, 0.15) is 48.9 Å². The number of aryl methyl sites for hydroxylation is 2. The fourth-order valence-corrected chi connectivity index (χ4v) is 4.01. The van der Waals surface area contributed by atoms with Crippen LogP contribution < -0.4 is 15.4 Å². The zero-order valence-corrected chi connectivity index (χ0v) is 15.4. The predicted octanol–water partition coefficient (Wildman–Crippen LogP) is 3.95. The number of anilines is 1. The molecule has 0 heterocycles. The van der Waals surface area contributed by atoms with Crippen LogP contribution in [0.15, 0.2) is 17.6 Å². The minimum Gasteiger partial charge on any atom is -0.311 e. The number of nitrogens with one attached hydrogen (secondary N) is 3. The van der Waals surface area contributed by atoms with E-state index in [0.717, 1.165) is 37.9 Å². The molecule has 1 aromatic rings. The number of carbonyl (C=O) groups excluding carboxylic acids is 1. The number of fused-ring (bicyclic) bond motifs is 2. The van der Waals surface area contributed by atoms with E-state index in [0.29, 0.717) is 6.04 Å². The van der Waals surface area contributed by atoms with Gasteiger partial charge >= 0.3 is 6.03 Å². The lowest BCUT2D eigenvalue weighted by atomic mass is 9.99. The molecule has 0 aliphatic heterocycles. The Hall–Kier alpha value is -1.46. The number of amides is 2. The largest absolute Gasteiger partial charge is 0.329 e. The molecule has 0 bridgehead atoms. The van der Waals surface area contributed by atoms with Gasteiger partial charge in [-0.25, -0.2) is 4.79 Å². The van der Waals surface area contributed by atoms with Gasteiger partial charge in [0, 0.05) is 18.3 Å². The number of hydrogen-bond acceptors (Lipinski definition) is 3. The lowest BCUT2D eigenvalue weighted by Gasteiger charge is -2.16. The monoisotopic (exact) mass is 345 g/mol. The molecular formula is C19H27N3OS. The topological polar surface area (TPSA) is 53.2 Å². The summed E-state index contributed by atoms with van der Waals surface area (Å²) in [6.07, 6.45) is 8.91. The van der Waals surface area contributed by atoms with Gasteiger partial charge < -0.3 is 10.6 Å². The summed E-state index contributed by atoms with van der Waals surface area (Å²) in [6.45, 7) is 5.04. The maximum absolute atomic E-state index is 12.3. The minimum atomic E-state index is -0.129. The summed E-state index contributed by atoms with van der Waals surface area (Å²) in [6, 6.07) is 2.72. The van der Waals surface area contributed by atoms with E-state index in [-0.39, 0.29) is 6.03 Å². The van der Waals surface area contributed by atoms with E-state index >= 15 is 0 Å². The molecule has 0 aromatic heterocycles. The van der Waals surface area contributed by atoms with Crippen LogP contribution >= 0.6 is 11.9 Å². The maximum atomic E-state index is 12.3. The second-order valence-corrected chi connectivity index (χ2v) is 7.55. The lowest BCUT2D eigenvalue weighted by molar-refractivity contribution is 0.257. The van der Waals surface area contributed by atoms with Crippen molar-refractivity contribution in [3.8, 4) is 0 Å². The standard InChI is InChI=1S/C19H27N3OS/c1-13(2)20-10-5-11-24-22-19(23)21-18-16-8-3-6-14(16)12-15-7-4-9-17(15)18/h5,11-13,20H,3-4,6-10H2,1-2H3,(H2,21,22,23)/b11-5+. The van der Waals surface area contributed by atoms with Gasteiger partial charge in [0.2, 0.25) is 0 Å². The van der Waals surface area contributed by atoms with Gasteiger partial charge in [-0.3, -0.25) is 4.72 Å². The molecule has 0 saturated carbocycles. The Kier molecular flexibility index (Phi) is 5.85. The van der Waals surface area contributed by atoms with Crippen molar-refractivity contribution in [2.24, 2.45) is 0 Å². The Morgan fingerprint density at radius 3 is 2.46 bits per heavy atom. The van der Waals surface area contributed by atoms with Crippen molar-refractivity contribution in [2.75, 3.05) is 11.9 Å². The lowest BCUT2D eigenvalue weighted by Crippen LogP contribution is -2.24. The molecule has 0 radical (unpaired) electrons. The number of rotatable bonds is 6. The Balaban J connectivity index is 1.57. The van der Waals surface area contributed by atoms with Crippen molar-refractivity contribution in [3.63, 3.8) is 0 Å². The summed E-state index contributed by atoms with van der Waals surface area (Å²) in [5.74, 6) is 0. The summed E-state index contributed by atoms with van der Waals surface area (Å²) in [7, 11) is 0. The van der Waals surface area contributed by atoms with Crippen LogP contribution in [0.3, 0.4) is 0 Å². The summed E-state index contributed by atoms with van der Waals surface area (Å²) in [4.78, 5) is 12.3. The summed E-state index contributed by atoms with van der Waals surface area (Å²) in [5, 5.41) is 8.34. The van der Waals surface area contributed by atoms with Gasteiger partial charge in [-0.2, -0.15) is 0 Å². The number of hydrogen-bond donors (Lipinski definition) is 3. The molecule has 4 nitrogen and oxygen atoms in total. The average Bonchev–Trinajstić information content (AvgIpc) is 3.18. The van der Waals surface area contributed by atoms with E-state index in [4.69, 9.17) is 0 Å². The van der Waals surface area contributed by atoms with Crippen LogP contribution in [-0.2, 0) is 25.7 Å². The maximum Gasteiger partial charge on any atom is 0.329 e. The Labute approximate surface area is 149 Å². The molecule has 2 aliphatic carbocycles. The van der Waals surface area contributed by atoms with Crippen molar-refractivity contribution in [2.45, 2.75) is 58.4 Å². The van der Waals surface area contributed by atoms with Gasteiger partial charge in [-0.1, -0.05) is 26.0 Å². The van der Waals surface area contributed by atoms with Crippen molar-refractivity contribution < 1.29 is 4.79 Å². The van der Waals surface area contributed by atoms with Crippen molar-refractivity contribution in [1.29, 1.82) is 0 Å². The quantitative estimate of drug-likeness (QED) is 0.684. The third-order valence-electron chi connectivity index (χ3n) is 4.67. The van der Waals surface area contributed by atoms with Crippen molar-refractivity contribution >= 4 is 23.7 Å². The fraction of sp³-hybridized carbons (Fsp3) is 0.526. The Morgan fingerprint density at radius 1 is 1.17 bits per heavy atom. The zero-order valence-electron chi connectivity index (χ0n) is 14.6. The van der Waals surface area contributed by atoms with Crippen LogP contribution in [0.5, 0.6) is 0 Å². The molecule has 130 valence electrons. The van der Waals surface area contributed by atoms with Crippen molar-refractivity contribution in [3.05, 3.63) is 39.8 Å². The molecule has 3 rings (SSSR count). The second kappa shape index (κ2) is 8.08. The van der Waals surface area contributed by atoms with Gasteiger partial charge in [0.1, 0.15) is 0 Å². The first-order chi connectivity index (χ1) is 11.6. The van der Waals surface area contributed by atoms with E-state index in [9.17, 15) is 4.79 Å². The molecule has 24 heavy (non-hydrogen) atoms. The third kappa shape index (κ3) is 4.14. The van der Waals surface area contributed by atoms with E-state index in [2.05, 4.69) is 35.3 Å². The van der Waals surface area contributed by atoms with Gasteiger partial charge in [-0.15, -0.1) is 0 Å². The predicted molar refractivity (Wildman–Crippen MR) is 103 cm³/mol. The van der Waals surface area contributed by atoms with E-state index < -0.39 is 0 Å². The highest BCUT2D eigenvalue weighted by Crippen LogP contribution is 2.38. The number of carbonyl (C=O) groups is 1. The molecule has 0 spiro atoms. The molecule has 0 atom stereocenters. The molecule has 5 heteroatoms. The molecule has 3 N–H and O–H groups in total. The van der Waals surface area contributed by atoms with Gasteiger partial charge in [-0.05, 0) is 78.1 Å². The van der Waals surface area contributed by atoms with E-state index in [1.165, 1.54) is 47.0 Å². The molecule has 0 fully saturated rings. The normalized spacial score (nSPS) is 15.8. The van der Waals surface area contributed by atoms with Crippen LogP contribution in [0.4, 0.5) is 10.5 Å². The van der Waals surface area contributed by atoms with Crippen LogP contribution in [0.2, 0.25) is 0 Å². The highest BCUT2D eigenvalue weighted by Gasteiger charge is 2.24. The average molecular weight is 346 g/mol. The smallest absolute Gasteiger partial charge is 0.311 e. The molecule has 2 aliphatic rings. The Bertz CT molecular complexity index is 608. The molecule has 1 aromatic carbocycles. The first kappa shape index (κ1) is 17.4. The Morgan fingerprint density at radius 2 is 1.83 bits per heavy atom. The summed E-state index contributed by atoms with van der Waals surface area (Å²) >= 11 is 1.32. The molecular weight excluding hydrogens is 318 g/mol. The van der Waals surface area contributed by atoms with Gasteiger partial charge in [0.15, 0.2) is 0 Å². The second-order valence-electron chi connectivity index (χ2n) is 6.84. The highest BCUT2D eigenvalue weighted by molar-refractivity contribution is 8.00. The van der Waals surface area contributed by atoms with Crippen LogP contribution in [0.25, 0.3) is 0 Å².